The zero-order chi connectivity index (χ0) is 14.6. The van der Waals surface area contributed by atoms with E-state index < -0.39 is 0 Å². The first-order chi connectivity index (χ1) is 9.83. The molecule has 3 heteroatoms. The fraction of sp³-hybridized carbons (Fsp3) is 0.706. The van der Waals surface area contributed by atoms with Gasteiger partial charge in [-0.1, -0.05) is 33.6 Å². The van der Waals surface area contributed by atoms with Crippen LogP contribution in [0.1, 0.15) is 58.4 Å². The third-order valence-electron chi connectivity index (χ3n) is 3.53. The van der Waals surface area contributed by atoms with Gasteiger partial charge in [0.1, 0.15) is 0 Å². The zero-order valence-corrected chi connectivity index (χ0v) is 13.5. The van der Waals surface area contributed by atoms with Crippen molar-refractivity contribution in [3.8, 4) is 0 Å². The normalized spacial score (nSPS) is 10.8. The lowest BCUT2D eigenvalue weighted by molar-refractivity contribution is 0.654. The second kappa shape index (κ2) is 10.7. The standard InChI is InChI=1S/C17H31N3/c1-4-7-12-20(13-8-5-2)17-15-19-11-9-16(17)14-18-10-6-3/h9,11,15,18H,4-8,10,12-14H2,1-3H3. The summed E-state index contributed by atoms with van der Waals surface area (Å²) >= 11 is 0. The van der Waals surface area contributed by atoms with Gasteiger partial charge in [0.2, 0.25) is 0 Å². The van der Waals surface area contributed by atoms with E-state index in [1.807, 2.05) is 12.4 Å². The van der Waals surface area contributed by atoms with Gasteiger partial charge in [-0.3, -0.25) is 4.98 Å². The van der Waals surface area contributed by atoms with Crippen molar-refractivity contribution in [2.75, 3.05) is 24.5 Å². The zero-order valence-electron chi connectivity index (χ0n) is 13.5. The molecule has 0 aliphatic carbocycles. The van der Waals surface area contributed by atoms with E-state index in [-0.39, 0.29) is 0 Å². The van der Waals surface area contributed by atoms with E-state index in [1.54, 1.807) is 0 Å². The molecular weight excluding hydrogens is 246 g/mol. The Bertz CT molecular complexity index is 344. The van der Waals surface area contributed by atoms with Crippen molar-refractivity contribution in [1.29, 1.82) is 0 Å². The summed E-state index contributed by atoms with van der Waals surface area (Å²) in [5, 5.41) is 3.50. The third-order valence-corrected chi connectivity index (χ3v) is 3.53. The minimum Gasteiger partial charge on any atom is -0.370 e. The van der Waals surface area contributed by atoms with E-state index in [2.05, 4.69) is 42.0 Å². The minimum atomic E-state index is 0.945. The van der Waals surface area contributed by atoms with E-state index >= 15 is 0 Å². The molecule has 114 valence electrons. The van der Waals surface area contributed by atoms with E-state index in [9.17, 15) is 0 Å². The maximum atomic E-state index is 4.34. The van der Waals surface area contributed by atoms with Gasteiger partial charge >= 0.3 is 0 Å². The van der Waals surface area contributed by atoms with Crippen LogP contribution in [0, 0.1) is 0 Å². The molecule has 1 rings (SSSR count). The molecule has 1 aromatic rings. The van der Waals surface area contributed by atoms with Crippen LogP contribution >= 0.6 is 0 Å². The van der Waals surface area contributed by atoms with Crippen LogP contribution in [-0.2, 0) is 6.54 Å². The van der Waals surface area contributed by atoms with Crippen LogP contribution in [0.15, 0.2) is 18.5 Å². The van der Waals surface area contributed by atoms with Crippen molar-refractivity contribution in [2.45, 2.75) is 59.4 Å². The first-order valence-corrected chi connectivity index (χ1v) is 8.22. The largest absolute Gasteiger partial charge is 0.370 e. The van der Waals surface area contributed by atoms with Crippen LogP contribution in [0.25, 0.3) is 0 Å². The number of aromatic nitrogens is 1. The van der Waals surface area contributed by atoms with Crippen LogP contribution in [0.4, 0.5) is 5.69 Å². The molecule has 0 atom stereocenters. The summed E-state index contributed by atoms with van der Waals surface area (Å²) in [7, 11) is 0. The number of hydrogen-bond donors (Lipinski definition) is 1. The molecule has 0 saturated heterocycles. The fourth-order valence-electron chi connectivity index (χ4n) is 2.30. The summed E-state index contributed by atoms with van der Waals surface area (Å²) in [5.41, 5.74) is 2.69. The number of pyridine rings is 1. The highest BCUT2D eigenvalue weighted by atomic mass is 15.1. The van der Waals surface area contributed by atoms with Gasteiger partial charge < -0.3 is 10.2 Å². The Morgan fingerprint density at radius 3 is 2.35 bits per heavy atom. The smallest absolute Gasteiger partial charge is 0.0598 e. The number of unbranched alkanes of at least 4 members (excludes halogenated alkanes) is 2. The lowest BCUT2D eigenvalue weighted by Crippen LogP contribution is -2.28. The number of nitrogens with one attached hydrogen (secondary N) is 1. The summed E-state index contributed by atoms with van der Waals surface area (Å²) in [6.07, 6.45) is 10.1. The molecule has 0 aliphatic rings. The molecule has 3 nitrogen and oxygen atoms in total. The summed E-state index contributed by atoms with van der Waals surface area (Å²) in [6, 6.07) is 2.16. The van der Waals surface area contributed by atoms with Gasteiger partial charge in [0, 0.05) is 25.8 Å². The minimum absolute atomic E-state index is 0.945. The molecule has 20 heavy (non-hydrogen) atoms. The van der Waals surface area contributed by atoms with Crippen molar-refractivity contribution < 1.29 is 0 Å². The Labute approximate surface area is 124 Å². The molecule has 0 bridgehead atoms. The van der Waals surface area contributed by atoms with Gasteiger partial charge in [-0.25, -0.2) is 0 Å². The lowest BCUT2D eigenvalue weighted by Gasteiger charge is -2.26. The van der Waals surface area contributed by atoms with Gasteiger partial charge in [-0.2, -0.15) is 0 Å². The summed E-state index contributed by atoms with van der Waals surface area (Å²) in [4.78, 5) is 6.86. The topological polar surface area (TPSA) is 28.2 Å². The van der Waals surface area contributed by atoms with Crippen LogP contribution < -0.4 is 10.2 Å². The Kier molecular flexibility index (Phi) is 9.05. The van der Waals surface area contributed by atoms with Crippen molar-refractivity contribution in [3.05, 3.63) is 24.0 Å². The summed E-state index contributed by atoms with van der Waals surface area (Å²) < 4.78 is 0. The van der Waals surface area contributed by atoms with Crippen molar-refractivity contribution in [3.63, 3.8) is 0 Å². The van der Waals surface area contributed by atoms with E-state index in [0.29, 0.717) is 0 Å². The molecule has 0 spiro atoms. The molecule has 0 aromatic carbocycles. The van der Waals surface area contributed by atoms with E-state index in [1.165, 1.54) is 43.4 Å². The molecule has 1 N–H and O–H groups in total. The molecule has 1 heterocycles. The molecule has 0 fully saturated rings. The molecule has 1 aromatic heterocycles. The van der Waals surface area contributed by atoms with Crippen LogP contribution in [0.2, 0.25) is 0 Å². The van der Waals surface area contributed by atoms with Gasteiger partial charge in [-0.05, 0) is 37.4 Å². The maximum Gasteiger partial charge on any atom is 0.0598 e. The predicted octanol–water partition coefficient (Wildman–Crippen LogP) is 3.99. The average Bonchev–Trinajstić information content (AvgIpc) is 2.48. The quantitative estimate of drug-likeness (QED) is 0.620. The SMILES string of the molecule is CCCCN(CCCC)c1cnccc1CNCCC. The lowest BCUT2D eigenvalue weighted by atomic mass is 10.1. The van der Waals surface area contributed by atoms with Gasteiger partial charge in [0.25, 0.3) is 0 Å². The Hall–Kier alpha value is -1.09. The summed E-state index contributed by atoms with van der Waals surface area (Å²) in [5.74, 6) is 0. The number of nitrogens with zero attached hydrogens (tertiary/aromatic N) is 2. The monoisotopic (exact) mass is 277 g/mol. The fourth-order valence-corrected chi connectivity index (χ4v) is 2.30. The molecule has 0 saturated carbocycles. The van der Waals surface area contributed by atoms with Crippen LogP contribution in [0.5, 0.6) is 0 Å². The Morgan fingerprint density at radius 2 is 1.75 bits per heavy atom. The number of anilines is 1. The van der Waals surface area contributed by atoms with Crippen molar-refractivity contribution in [1.82, 2.24) is 10.3 Å². The van der Waals surface area contributed by atoms with Gasteiger partial charge in [0.15, 0.2) is 0 Å². The van der Waals surface area contributed by atoms with Crippen molar-refractivity contribution >= 4 is 5.69 Å². The van der Waals surface area contributed by atoms with Gasteiger partial charge in [-0.15, -0.1) is 0 Å². The molecular formula is C17H31N3. The van der Waals surface area contributed by atoms with Crippen LogP contribution in [0.3, 0.4) is 0 Å². The Morgan fingerprint density at radius 1 is 1.05 bits per heavy atom. The molecule has 0 unspecified atom stereocenters. The van der Waals surface area contributed by atoms with Crippen molar-refractivity contribution in [2.24, 2.45) is 0 Å². The molecule has 0 aliphatic heterocycles. The second-order valence-electron chi connectivity index (χ2n) is 5.38. The molecule has 0 radical (unpaired) electrons. The van der Waals surface area contributed by atoms with E-state index in [4.69, 9.17) is 0 Å². The average molecular weight is 277 g/mol. The van der Waals surface area contributed by atoms with Crippen LogP contribution in [-0.4, -0.2) is 24.6 Å². The summed E-state index contributed by atoms with van der Waals surface area (Å²) in [6.45, 7) is 11.0. The van der Waals surface area contributed by atoms with E-state index in [0.717, 1.165) is 26.2 Å². The first-order valence-electron chi connectivity index (χ1n) is 8.22. The van der Waals surface area contributed by atoms with Gasteiger partial charge in [0.05, 0.1) is 11.9 Å². The predicted molar refractivity (Wildman–Crippen MR) is 88.3 cm³/mol. The third kappa shape index (κ3) is 5.91. The number of hydrogen-bond acceptors (Lipinski definition) is 3. The Balaban J connectivity index is 2.75. The molecule has 0 amide bonds. The maximum absolute atomic E-state index is 4.34. The highest BCUT2D eigenvalue weighted by Gasteiger charge is 2.10. The number of rotatable bonds is 11. The second-order valence-corrected chi connectivity index (χ2v) is 5.38. The first kappa shape index (κ1) is 17.0. The highest BCUT2D eigenvalue weighted by molar-refractivity contribution is 5.51. The highest BCUT2D eigenvalue weighted by Crippen LogP contribution is 2.20.